The molecule has 0 saturated heterocycles. The predicted octanol–water partition coefficient (Wildman–Crippen LogP) is 3.46. The van der Waals surface area contributed by atoms with Gasteiger partial charge in [0.05, 0.1) is 24.9 Å². The third-order valence-electron chi connectivity index (χ3n) is 3.52. The second kappa shape index (κ2) is 7.54. The molecule has 2 aromatic rings. The molecule has 5 heteroatoms. The first-order valence-corrected chi connectivity index (χ1v) is 7.81. The fraction of sp³-hybridized carbons (Fsp3) is 0.438. The molecule has 0 aliphatic carbocycles. The highest BCUT2D eigenvalue weighted by atomic mass is 32.1. The van der Waals surface area contributed by atoms with Gasteiger partial charge in [-0.15, -0.1) is 11.3 Å². The van der Waals surface area contributed by atoms with Crippen molar-refractivity contribution in [3.05, 3.63) is 45.4 Å². The maximum Gasteiger partial charge on any atom is 0.124 e. The molecule has 1 heterocycles. The lowest BCUT2D eigenvalue weighted by molar-refractivity contribution is 0.181. The van der Waals surface area contributed by atoms with E-state index in [4.69, 9.17) is 9.47 Å². The van der Waals surface area contributed by atoms with Gasteiger partial charge in [-0.25, -0.2) is 4.98 Å². The molecule has 0 aliphatic rings. The highest BCUT2D eigenvalue weighted by Crippen LogP contribution is 2.24. The largest absolute Gasteiger partial charge is 0.496 e. The van der Waals surface area contributed by atoms with E-state index in [1.54, 1.807) is 25.6 Å². The monoisotopic (exact) mass is 306 g/mol. The zero-order valence-electron chi connectivity index (χ0n) is 13.0. The van der Waals surface area contributed by atoms with E-state index in [1.807, 2.05) is 18.5 Å². The van der Waals surface area contributed by atoms with Crippen molar-refractivity contribution >= 4 is 11.3 Å². The first-order valence-electron chi connectivity index (χ1n) is 6.93. The number of aromatic nitrogens is 1. The fourth-order valence-corrected chi connectivity index (χ4v) is 2.92. The molecule has 2 rings (SSSR count). The smallest absolute Gasteiger partial charge is 0.124 e. The van der Waals surface area contributed by atoms with Crippen LogP contribution in [0.25, 0.3) is 0 Å². The van der Waals surface area contributed by atoms with Gasteiger partial charge in [-0.3, -0.25) is 0 Å². The van der Waals surface area contributed by atoms with Crippen LogP contribution >= 0.6 is 11.3 Å². The Kier molecular flexibility index (Phi) is 5.73. The number of ether oxygens (including phenoxy) is 2. The average Bonchev–Trinajstić information content (AvgIpc) is 2.90. The van der Waals surface area contributed by atoms with Crippen LogP contribution in [0.15, 0.2) is 23.7 Å². The quantitative estimate of drug-likeness (QED) is 0.851. The van der Waals surface area contributed by atoms with Crippen molar-refractivity contribution in [2.45, 2.75) is 33.0 Å². The van der Waals surface area contributed by atoms with Crippen LogP contribution in [0.2, 0.25) is 0 Å². The third-order valence-corrected chi connectivity index (χ3v) is 4.45. The third kappa shape index (κ3) is 4.03. The van der Waals surface area contributed by atoms with Gasteiger partial charge in [-0.1, -0.05) is 6.07 Å². The summed E-state index contributed by atoms with van der Waals surface area (Å²) in [7, 11) is 3.38. The minimum Gasteiger partial charge on any atom is -0.496 e. The van der Waals surface area contributed by atoms with Crippen molar-refractivity contribution in [1.29, 1.82) is 0 Å². The van der Waals surface area contributed by atoms with E-state index in [1.165, 1.54) is 10.4 Å². The number of nitrogens with one attached hydrogen (secondary N) is 1. The summed E-state index contributed by atoms with van der Waals surface area (Å²) < 4.78 is 10.6. The van der Waals surface area contributed by atoms with Crippen LogP contribution in [0, 0.1) is 6.92 Å². The van der Waals surface area contributed by atoms with Crippen molar-refractivity contribution < 1.29 is 9.47 Å². The van der Waals surface area contributed by atoms with E-state index >= 15 is 0 Å². The number of methoxy groups -OCH3 is 2. The van der Waals surface area contributed by atoms with Crippen molar-refractivity contribution in [3.63, 3.8) is 0 Å². The first-order chi connectivity index (χ1) is 10.2. The van der Waals surface area contributed by atoms with Crippen molar-refractivity contribution in [3.8, 4) is 5.75 Å². The molecular weight excluding hydrogens is 284 g/mol. The molecule has 1 aromatic heterocycles. The van der Waals surface area contributed by atoms with Crippen LogP contribution in [-0.4, -0.2) is 19.2 Å². The van der Waals surface area contributed by atoms with Crippen LogP contribution in [0.1, 0.15) is 34.7 Å². The Labute approximate surface area is 130 Å². The number of hydrogen-bond donors (Lipinski definition) is 1. The van der Waals surface area contributed by atoms with Gasteiger partial charge in [0.15, 0.2) is 0 Å². The Balaban J connectivity index is 2.06. The number of hydrogen-bond acceptors (Lipinski definition) is 5. The fourth-order valence-electron chi connectivity index (χ4n) is 2.20. The summed E-state index contributed by atoms with van der Waals surface area (Å²) in [6.07, 6.45) is 0. The van der Waals surface area contributed by atoms with Gasteiger partial charge in [0, 0.05) is 30.1 Å². The molecule has 114 valence electrons. The topological polar surface area (TPSA) is 43.4 Å². The molecule has 1 atom stereocenters. The summed E-state index contributed by atoms with van der Waals surface area (Å²) in [5.41, 5.74) is 5.29. The normalized spacial score (nSPS) is 12.4. The van der Waals surface area contributed by atoms with E-state index in [0.29, 0.717) is 6.61 Å². The Morgan fingerprint density at radius 3 is 2.76 bits per heavy atom. The van der Waals surface area contributed by atoms with Crippen LogP contribution in [0.3, 0.4) is 0 Å². The maximum absolute atomic E-state index is 5.36. The molecule has 0 bridgehead atoms. The number of nitrogens with zero attached hydrogens (tertiary/aromatic N) is 1. The molecule has 4 nitrogen and oxygen atoms in total. The Bertz CT molecular complexity index is 583. The summed E-state index contributed by atoms with van der Waals surface area (Å²) in [5.74, 6) is 0.867. The summed E-state index contributed by atoms with van der Waals surface area (Å²) >= 11 is 1.69. The summed E-state index contributed by atoms with van der Waals surface area (Å²) in [4.78, 5) is 5.56. The van der Waals surface area contributed by atoms with Crippen LogP contribution < -0.4 is 10.1 Å². The molecular formula is C16H22N2O2S. The first kappa shape index (κ1) is 15.9. The van der Waals surface area contributed by atoms with Gasteiger partial charge >= 0.3 is 0 Å². The summed E-state index contributed by atoms with van der Waals surface area (Å²) in [6.45, 7) is 5.60. The van der Waals surface area contributed by atoms with Crippen molar-refractivity contribution in [2.75, 3.05) is 14.2 Å². The zero-order chi connectivity index (χ0) is 15.2. The summed E-state index contributed by atoms with van der Waals surface area (Å²) in [6, 6.07) is 6.49. The predicted molar refractivity (Wildman–Crippen MR) is 85.8 cm³/mol. The SMILES string of the molecule is COCc1cc(C(C)NCc2scnc2C)ccc1OC. The van der Waals surface area contributed by atoms with Crippen LogP contribution in [-0.2, 0) is 17.9 Å². The minimum atomic E-state index is 0.257. The number of rotatable bonds is 7. The molecule has 0 amide bonds. The second-order valence-corrected chi connectivity index (χ2v) is 5.91. The lowest BCUT2D eigenvalue weighted by atomic mass is 10.0. The molecule has 0 aliphatic heterocycles. The van der Waals surface area contributed by atoms with Crippen molar-refractivity contribution in [2.24, 2.45) is 0 Å². The van der Waals surface area contributed by atoms with E-state index < -0.39 is 0 Å². The highest BCUT2D eigenvalue weighted by molar-refractivity contribution is 7.09. The van der Waals surface area contributed by atoms with Gasteiger partial charge in [0.25, 0.3) is 0 Å². The molecule has 0 radical (unpaired) electrons. The lowest BCUT2D eigenvalue weighted by Crippen LogP contribution is -2.18. The van der Waals surface area contributed by atoms with Crippen molar-refractivity contribution in [1.82, 2.24) is 10.3 Å². The maximum atomic E-state index is 5.36. The number of benzene rings is 1. The van der Waals surface area contributed by atoms with E-state index in [-0.39, 0.29) is 6.04 Å². The van der Waals surface area contributed by atoms with E-state index in [2.05, 4.69) is 29.4 Å². The van der Waals surface area contributed by atoms with E-state index in [9.17, 15) is 0 Å². The lowest BCUT2D eigenvalue weighted by Gasteiger charge is -2.16. The highest BCUT2D eigenvalue weighted by Gasteiger charge is 2.10. The van der Waals surface area contributed by atoms with Crippen LogP contribution in [0.4, 0.5) is 0 Å². The standard InChI is InChI=1S/C16H22N2O2S/c1-11(17-8-16-12(2)18-10-21-16)13-5-6-15(20-4)14(7-13)9-19-3/h5-7,10-11,17H,8-9H2,1-4H3. The van der Waals surface area contributed by atoms with Gasteiger partial charge in [0.1, 0.15) is 5.75 Å². The average molecular weight is 306 g/mol. The molecule has 1 aromatic carbocycles. The Hall–Kier alpha value is -1.43. The van der Waals surface area contributed by atoms with Gasteiger partial charge < -0.3 is 14.8 Å². The van der Waals surface area contributed by atoms with E-state index in [0.717, 1.165) is 23.6 Å². The van der Waals surface area contributed by atoms with Gasteiger partial charge in [0.2, 0.25) is 0 Å². The molecule has 21 heavy (non-hydrogen) atoms. The molecule has 0 saturated carbocycles. The molecule has 1 unspecified atom stereocenters. The molecule has 0 fully saturated rings. The van der Waals surface area contributed by atoms with Crippen LogP contribution in [0.5, 0.6) is 5.75 Å². The second-order valence-electron chi connectivity index (χ2n) is 4.97. The zero-order valence-corrected chi connectivity index (χ0v) is 13.8. The number of aryl methyl sites for hydroxylation is 1. The molecule has 1 N–H and O–H groups in total. The minimum absolute atomic E-state index is 0.257. The van der Waals surface area contributed by atoms with Gasteiger partial charge in [-0.05, 0) is 31.5 Å². The summed E-state index contributed by atoms with van der Waals surface area (Å²) in [5, 5.41) is 3.54. The number of thiazole rings is 1. The Morgan fingerprint density at radius 1 is 1.33 bits per heavy atom. The Morgan fingerprint density at radius 2 is 2.14 bits per heavy atom. The molecule has 0 spiro atoms. The van der Waals surface area contributed by atoms with Gasteiger partial charge in [-0.2, -0.15) is 0 Å².